The van der Waals surface area contributed by atoms with Gasteiger partial charge < -0.3 is 15.5 Å². The Hall–Kier alpha value is -1.63. The van der Waals surface area contributed by atoms with Crippen molar-refractivity contribution >= 4 is 5.96 Å². The topological polar surface area (TPSA) is 46.1 Å². The molecule has 2 aliphatic heterocycles. The van der Waals surface area contributed by atoms with Crippen LogP contribution in [0.5, 0.6) is 0 Å². The quantitative estimate of drug-likeness (QED) is 0.399. The van der Waals surface area contributed by atoms with E-state index >= 15 is 0 Å². The largest absolute Gasteiger partial charge is 0.356 e. The van der Waals surface area contributed by atoms with Crippen molar-refractivity contribution in [3.63, 3.8) is 0 Å². The lowest BCUT2D eigenvalue weighted by molar-refractivity contribution is 0.0891. The highest BCUT2D eigenvalue weighted by Crippen LogP contribution is 2.27. The highest BCUT2D eigenvalue weighted by molar-refractivity contribution is 5.80. The molecule has 1 aromatic carbocycles. The highest BCUT2D eigenvalue weighted by Gasteiger charge is 2.30. The molecular formula is C25H42N6. The molecule has 0 amide bonds. The van der Waals surface area contributed by atoms with E-state index in [0.29, 0.717) is 12.1 Å². The molecule has 1 aromatic rings. The fourth-order valence-corrected chi connectivity index (χ4v) is 5.60. The maximum Gasteiger partial charge on any atom is 0.191 e. The molecule has 0 spiro atoms. The summed E-state index contributed by atoms with van der Waals surface area (Å²) in [5.41, 5.74) is 1.44. The summed E-state index contributed by atoms with van der Waals surface area (Å²) in [4.78, 5) is 12.3. The molecule has 2 unspecified atom stereocenters. The Balaban J connectivity index is 1.19. The molecule has 3 fully saturated rings. The number of nitrogens with zero attached hydrogens (tertiary/aromatic N) is 4. The Morgan fingerprint density at radius 3 is 2.61 bits per heavy atom. The Morgan fingerprint density at radius 1 is 1.03 bits per heavy atom. The van der Waals surface area contributed by atoms with Crippen LogP contribution in [0.4, 0.5) is 0 Å². The van der Waals surface area contributed by atoms with Crippen LogP contribution in [0.15, 0.2) is 35.3 Å². The van der Waals surface area contributed by atoms with Crippen molar-refractivity contribution < 1.29 is 0 Å². The lowest BCUT2D eigenvalue weighted by atomic mass is 10.0. The van der Waals surface area contributed by atoms with E-state index in [1.807, 2.05) is 7.05 Å². The van der Waals surface area contributed by atoms with Crippen LogP contribution in [0.1, 0.15) is 50.1 Å². The van der Waals surface area contributed by atoms with Gasteiger partial charge in [0, 0.05) is 71.0 Å². The molecule has 0 aromatic heterocycles. The molecule has 172 valence electrons. The lowest BCUT2D eigenvalue weighted by Gasteiger charge is -2.40. The van der Waals surface area contributed by atoms with Crippen LogP contribution in [0.2, 0.25) is 0 Å². The van der Waals surface area contributed by atoms with Gasteiger partial charge >= 0.3 is 0 Å². The standard InChI is InChI=1S/C25H42N6/c1-26-25(28-22-13-16-31(19-22)23-11-6-7-12-23)27-14-8-15-30-18-17-29(2)20-24(30)21-9-4-3-5-10-21/h3-5,9-10,22-24H,6-8,11-20H2,1-2H3,(H2,26,27,28). The number of hydrogen-bond acceptors (Lipinski definition) is 4. The predicted molar refractivity (Wildman–Crippen MR) is 130 cm³/mol. The fraction of sp³-hybridized carbons (Fsp3) is 0.720. The zero-order valence-electron chi connectivity index (χ0n) is 19.6. The summed E-state index contributed by atoms with van der Waals surface area (Å²) in [5, 5.41) is 7.24. The molecule has 0 radical (unpaired) electrons. The van der Waals surface area contributed by atoms with Crippen LogP contribution < -0.4 is 10.6 Å². The van der Waals surface area contributed by atoms with Gasteiger partial charge in [0.25, 0.3) is 0 Å². The molecule has 6 heteroatoms. The fourth-order valence-electron chi connectivity index (χ4n) is 5.60. The average molecular weight is 427 g/mol. The second kappa shape index (κ2) is 11.3. The minimum absolute atomic E-state index is 0.498. The van der Waals surface area contributed by atoms with Gasteiger partial charge in [0.15, 0.2) is 5.96 Å². The van der Waals surface area contributed by atoms with Crippen LogP contribution in [0.3, 0.4) is 0 Å². The van der Waals surface area contributed by atoms with E-state index in [9.17, 15) is 0 Å². The number of rotatable bonds is 7. The Labute approximate surface area is 189 Å². The molecule has 2 atom stereocenters. The Bertz CT molecular complexity index is 687. The van der Waals surface area contributed by atoms with Crippen LogP contribution in [-0.4, -0.2) is 92.7 Å². The van der Waals surface area contributed by atoms with E-state index < -0.39 is 0 Å². The number of nitrogens with one attached hydrogen (secondary N) is 2. The first-order valence-corrected chi connectivity index (χ1v) is 12.4. The summed E-state index contributed by atoms with van der Waals surface area (Å²) in [5.74, 6) is 0.969. The maximum absolute atomic E-state index is 4.49. The SMILES string of the molecule is CN=C(NCCCN1CCN(C)CC1c1ccccc1)NC1CCN(C2CCCC2)C1. The minimum atomic E-state index is 0.498. The molecule has 2 saturated heterocycles. The zero-order chi connectivity index (χ0) is 21.5. The van der Waals surface area contributed by atoms with Gasteiger partial charge in [0.05, 0.1) is 0 Å². The van der Waals surface area contributed by atoms with E-state index in [4.69, 9.17) is 0 Å². The molecule has 2 heterocycles. The molecule has 0 bridgehead atoms. The number of guanidine groups is 1. The molecule has 2 N–H and O–H groups in total. The lowest BCUT2D eigenvalue weighted by Crippen LogP contribution is -2.48. The molecule has 4 rings (SSSR count). The molecular weight excluding hydrogens is 384 g/mol. The van der Waals surface area contributed by atoms with Crippen LogP contribution >= 0.6 is 0 Å². The number of benzene rings is 1. The Kier molecular flexibility index (Phi) is 8.22. The van der Waals surface area contributed by atoms with Crippen molar-refractivity contribution in [2.75, 3.05) is 59.9 Å². The zero-order valence-corrected chi connectivity index (χ0v) is 19.6. The molecule has 1 aliphatic carbocycles. The van der Waals surface area contributed by atoms with Crippen molar-refractivity contribution in [3.05, 3.63) is 35.9 Å². The minimum Gasteiger partial charge on any atom is -0.356 e. The van der Waals surface area contributed by atoms with E-state index in [0.717, 1.165) is 51.1 Å². The summed E-state index contributed by atoms with van der Waals surface area (Å²) in [6.07, 6.45) is 8.00. The van der Waals surface area contributed by atoms with Crippen molar-refractivity contribution in [3.8, 4) is 0 Å². The van der Waals surface area contributed by atoms with Crippen molar-refractivity contribution in [2.24, 2.45) is 4.99 Å². The number of likely N-dealkylation sites (N-methyl/N-ethyl adjacent to an activating group) is 1. The third-order valence-corrected chi connectivity index (χ3v) is 7.42. The van der Waals surface area contributed by atoms with Crippen molar-refractivity contribution in [2.45, 2.75) is 56.7 Å². The van der Waals surface area contributed by atoms with Crippen LogP contribution in [0, 0.1) is 0 Å². The van der Waals surface area contributed by atoms with Gasteiger partial charge in [-0.25, -0.2) is 0 Å². The van der Waals surface area contributed by atoms with Gasteiger partial charge in [-0.1, -0.05) is 43.2 Å². The summed E-state index contributed by atoms with van der Waals surface area (Å²) in [7, 11) is 4.13. The maximum atomic E-state index is 4.49. The highest BCUT2D eigenvalue weighted by atomic mass is 15.3. The van der Waals surface area contributed by atoms with Crippen LogP contribution in [-0.2, 0) is 0 Å². The van der Waals surface area contributed by atoms with Gasteiger partial charge in [-0.3, -0.25) is 14.8 Å². The van der Waals surface area contributed by atoms with E-state index in [1.165, 1.54) is 50.8 Å². The normalized spacial score (nSPS) is 27.1. The average Bonchev–Trinajstić information content (AvgIpc) is 3.49. The second-order valence-electron chi connectivity index (χ2n) is 9.64. The third-order valence-electron chi connectivity index (χ3n) is 7.42. The van der Waals surface area contributed by atoms with Crippen LogP contribution in [0.25, 0.3) is 0 Å². The van der Waals surface area contributed by atoms with E-state index in [2.05, 4.69) is 67.7 Å². The monoisotopic (exact) mass is 426 g/mol. The van der Waals surface area contributed by atoms with Gasteiger partial charge in [-0.05, 0) is 38.3 Å². The van der Waals surface area contributed by atoms with Crippen molar-refractivity contribution in [1.29, 1.82) is 0 Å². The summed E-state index contributed by atoms with van der Waals surface area (Å²) in [6, 6.07) is 12.9. The molecule has 1 saturated carbocycles. The first-order chi connectivity index (χ1) is 15.2. The van der Waals surface area contributed by atoms with Gasteiger partial charge in [0.2, 0.25) is 0 Å². The van der Waals surface area contributed by atoms with Gasteiger partial charge in [0.1, 0.15) is 0 Å². The molecule has 31 heavy (non-hydrogen) atoms. The number of likely N-dealkylation sites (tertiary alicyclic amines) is 1. The van der Waals surface area contributed by atoms with E-state index in [-0.39, 0.29) is 0 Å². The third kappa shape index (κ3) is 6.21. The predicted octanol–water partition coefficient (Wildman–Crippen LogP) is 2.55. The smallest absolute Gasteiger partial charge is 0.191 e. The van der Waals surface area contributed by atoms with Gasteiger partial charge in [-0.15, -0.1) is 0 Å². The second-order valence-corrected chi connectivity index (χ2v) is 9.64. The number of aliphatic imine (C=N–C) groups is 1. The molecule has 6 nitrogen and oxygen atoms in total. The first-order valence-electron chi connectivity index (χ1n) is 12.4. The van der Waals surface area contributed by atoms with Gasteiger partial charge in [-0.2, -0.15) is 0 Å². The summed E-state index contributed by atoms with van der Waals surface area (Å²) in [6.45, 7) is 7.90. The number of piperazine rings is 1. The summed E-state index contributed by atoms with van der Waals surface area (Å²) < 4.78 is 0. The summed E-state index contributed by atoms with van der Waals surface area (Å²) >= 11 is 0. The first kappa shape index (κ1) is 22.6. The van der Waals surface area contributed by atoms with Crippen molar-refractivity contribution in [1.82, 2.24) is 25.3 Å². The Morgan fingerprint density at radius 2 is 1.84 bits per heavy atom. The molecule has 3 aliphatic rings. The number of hydrogen-bond donors (Lipinski definition) is 2. The van der Waals surface area contributed by atoms with E-state index in [1.54, 1.807) is 0 Å².